The molecule has 3 heterocycles. The summed E-state index contributed by atoms with van der Waals surface area (Å²) in [6.45, 7) is 0. The number of nitrogen functional groups attached to an aromatic ring is 1. The Hall–Kier alpha value is -4.11. The van der Waals surface area contributed by atoms with E-state index in [1.54, 1.807) is 12.1 Å². The van der Waals surface area contributed by atoms with E-state index in [1.807, 2.05) is 36.4 Å². The number of pyridine rings is 1. The summed E-state index contributed by atoms with van der Waals surface area (Å²) in [5, 5.41) is 2.86. The fourth-order valence-corrected chi connectivity index (χ4v) is 4.68. The fraction of sp³-hybridized carbons (Fsp3) is 0.0435. The molecule has 158 valence electrons. The van der Waals surface area contributed by atoms with Crippen molar-refractivity contribution >= 4 is 33.0 Å². The van der Waals surface area contributed by atoms with Gasteiger partial charge in [-0.15, -0.1) is 11.3 Å². The maximum absolute atomic E-state index is 14.0. The number of carbonyl (C=O) groups excluding carboxylic acids is 1. The van der Waals surface area contributed by atoms with Gasteiger partial charge in [-0.3, -0.25) is 9.32 Å². The van der Waals surface area contributed by atoms with Crippen molar-refractivity contribution in [3.63, 3.8) is 0 Å². The number of aryl methyl sites for hydroxylation is 1. The van der Waals surface area contributed by atoms with Gasteiger partial charge in [0.1, 0.15) is 15.5 Å². The molecule has 5 rings (SSSR count). The molecule has 0 amide bonds. The van der Waals surface area contributed by atoms with Crippen LogP contribution in [-0.4, -0.2) is 16.0 Å². The van der Waals surface area contributed by atoms with Crippen LogP contribution in [0.3, 0.4) is 0 Å². The Morgan fingerprint density at radius 1 is 1.12 bits per heavy atom. The number of nitrogens with two attached hydrogens (primary N) is 1. The number of halogens is 1. The van der Waals surface area contributed by atoms with Crippen LogP contribution in [0.5, 0.6) is 0 Å². The molecule has 0 aliphatic heterocycles. The third-order valence-electron chi connectivity index (χ3n) is 5.13. The number of nitrogens with one attached hydrogen (secondary N) is 1. The van der Waals surface area contributed by atoms with Crippen LogP contribution >= 0.6 is 11.3 Å². The molecule has 0 aliphatic rings. The van der Waals surface area contributed by atoms with Crippen molar-refractivity contribution in [3.05, 3.63) is 87.5 Å². The number of H-pyrrole nitrogens is 1. The Balaban J connectivity index is 1.80. The van der Waals surface area contributed by atoms with Crippen LogP contribution in [0, 0.1) is 5.82 Å². The average Bonchev–Trinajstić information content (AvgIpc) is 3.32. The second kappa shape index (κ2) is 7.54. The molecule has 2 aromatic carbocycles. The Morgan fingerprint density at radius 2 is 1.88 bits per heavy atom. The quantitative estimate of drug-likeness (QED) is 0.323. The van der Waals surface area contributed by atoms with Gasteiger partial charge in [-0.2, -0.15) is 0 Å². The molecule has 7 nitrogen and oxygen atoms in total. The van der Waals surface area contributed by atoms with Crippen LogP contribution in [0.2, 0.25) is 0 Å². The lowest BCUT2D eigenvalue weighted by molar-refractivity contribution is -0.741. The van der Waals surface area contributed by atoms with Crippen molar-refractivity contribution in [2.45, 2.75) is 0 Å². The summed E-state index contributed by atoms with van der Waals surface area (Å²) in [6, 6.07) is 17.5. The van der Waals surface area contributed by atoms with E-state index < -0.39 is 17.2 Å². The van der Waals surface area contributed by atoms with E-state index >= 15 is 0 Å². The van der Waals surface area contributed by atoms with Crippen LogP contribution in [0.4, 0.5) is 10.1 Å². The van der Waals surface area contributed by atoms with Crippen molar-refractivity contribution in [3.8, 4) is 22.4 Å². The summed E-state index contributed by atoms with van der Waals surface area (Å²) in [5.41, 5.74) is 8.39. The van der Waals surface area contributed by atoms with Crippen molar-refractivity contribution in [1.82, 2.24) is 10.3 Å². The predicted octanol–water partition coefficient (Wildman–Crippen LogP) is 3.69. The molecule has 0 bridgehead atoms. The van der Waals surface area contributed by atoms with Crippen LogP contribution in [0.1, 0.15) is 15.4 Å². The summed E-state index contributed by atoms with van der Waals surface area (Å²) in [7, 11) is 1.49. The summed E-state index contributed by atoms with van der Waals surface area (Å²) < 4.78 is 19.9. The van der Waals surface area contributed by atoms with Gasteiger partial charge in [0.2, 0.25) is 0 Å². The lowest BCUT2D eigenvalue weighted by atomic mass is 9.99. The highest BCUT2D eigenvalue weighted by molar-refractivity contribution is 7.21. The second-order valence-corrected chi connectivity index (χ2v) is 8.17. The maximum atomic E-state index is 14.0. The zero-order chi connectivity index (χ0) is 22.4. The van der Waals surface area contributed by atoms with Gasteiger partial charge < -0.3 is 5.73 Å². The number of aromatic nitrogens is 3. The summed E-state index contributed by atoms with van der Waals surface area (Å²) in [5.74, 6) is -0.967. The molecule has 32 heavy (non-hydrogen) atoms. The minimum absolute atomic E-state index is 0.165. The molecule has 3 aromatic heterocycles. The van der Waals surface area contributed by atoms with E-state index in [4.69, 9.17) is 15.2 Å². The second-order valence-electron chi connectivity index (χ2n) is 7.17. The number of hydrogen-bond donors (Lipinski definition) is 2. The number of rotatable bonds is 4. The van der Waals surface area contributed by atoms with Crippen molar-refractivity contribution < 1.29 is 18.4 Å². The molecule has 3 N–H and O–H groups in total. The van der Waals surface area contributed by atoms with Crippen molar-refractivity contribution in [1.29, 1.82) is 0 Å². The third kappa shape index (κ3) is 3.19. The van der Waals surface area contributed by atoms with Gasteiger partial charge >= 0.3 is 11.3 Å². The molecule has 0 unspecified atom stereocenters. The SMILES string of the molecule is C[n+]1[nH]oc(=O)c1C(=O)c1sc2nc(-c3ccccc3)cc(-c3cccc(F)c3)c2c1N. The molecule has 0 fully saturated rings. The Kier molecular flexibility index (Phi) is 4.67. The standard InChI is InChI=1S/C23H15FN4O3S/c1-28-19(23(30)31-27-28)20(29)21-18(25)17-15(13-8-5-9-14(24)10-13)11-16(26-22(17)32-21)12-6-3-2-4-7-12/h2-11H,1H3,(H2-,25,27,29,30)/p+1. The summed E-state index contributed by atoms with van der Waals surface area (Å²) >= 11 is 1.08. The van der Waals surface area contributed by atoms with Crippen LogP contribution in [-0.2, 0) is 7.05 Å². The fourth-order valence-electron chi connectivity index (χ4n) is 3.62. The van der Waals surface area contributed by atoms with Crippen LogP contribution < -0.4 is 16.0 Å². The van der Waals surface area contributed by atoms with Crippen molar-refractivity contribution in [2.24, 2.45) is 7.05 Å². The van der Waals surface area contributed by atoms with E-state index in [2.05, 4.69) is 5.27 Å². The van der Waals surface area contributed by atoms with Crippen LogP contribution in [0.25, 0.3) is 32.6 Å². The van der Waals surface area contributed by atoms with Gasteiger partial charge in [-0.05, 0) is 34.6 Å². The first kappa shape index (κ1) is 19.8. The zero-order valence-corrected chi connectivity index (χ0v) is 17.6. The molecular formula is C23H16FN4O3S+. The Morgan fingerprint density at radius 3 is 2.56 bits per heavy atom. The molecular weight excluding hydrogens is 431 g/mol. The predicted molar refractivity (Wildman–Crippen MR) is 119 cm³/mol. The first-order valence-corrected chi connectivity index (χ1v) is 10.4. The largest absolute Gasteiger partial charge is 0.438 e. The summed E-state index contributed by atoms with van der Waals surface area (Å²) in [6.07, 6.45) is 0. The van der Waals surface area contributed by atoms with E-state index in [0.717, 1.165) is 16.9 Å². The number of hydrogen-bond acceptors (Lipinski definition) is 6. The number of ketones is 1. The topological polar surface area (TPSA) is 106 Å². The number of fused-ring (bicyclic) bond motifs is 1. The molecule has 9 heteroatoms. The molecule has 0 saturated heterocycles. The highest BCUT2D eigenvalue weighted by Crippen LogP contribution is 2.41. The minimum Gasteiger partial charge on any atom is -0.397 e. The first-order chi connectivity index (χ1) is 15.4. The van der Waals surface area contributed by atoms with E-state index in [9.17, 15) is 14.0 Å². The average molecular weight is 447 g/mol. The van der Waals surface area contributed by atoms with Crippen LogP contribution in [0.15, 0.2) is 70.0 Å². The monoisotopic (exact) mass is 447 g/mol. The first-order valence-electron chi connectivity index (χ1n) is 9.60. The lowest BCUT2D eigenvalue weighted by Crippen LogP contribution is -2.39. The highest BCUT2D eigenvalue weighted by Gasteiger charge is 2.32. The lowest BCUT2D eigenvalue weighted by Gasteiger charge is -2.09. The van der Waals surface area contributed by atoms with E-state index in [0.29, 0.717) is 27.0 Å². The van der Waals surface area contributed by atoms with Gasteiger partial charge in [-0.25, -0.2) is 14.2 Å². The highest BCUT2D eigenvalue weighted by atomic mass is 32.1. The number of aromatic amines is 1. The van der Waals surface area contributed by atoms with Crippen molar-refractivity contribution in [2.75, 3.05) is 5.73 Å². The molecule has 0 saturated carbocycles. The summed E-state index contributed by atoms with van der Waals surface area (Å²) in [4.78, 5) is 30.5. The van der Waals surface area contributed by atoms with Gasteiger partial charge in [0, 0.05) is 10.9 Å². The third-order valence-corrected chi connectivity index (χ3v) is 6.23. The van der Waals surface area contributed by atoms with E-state index in [-0.39, 0.29) is 16.3 Å². The molecule has 0 aliphatic carbocycles. The molecule has 0 radical (unpaired) electrons. The molecule has 0 spiro atoms. The number of nitrogens with zero attached hydrogens (tertiary/aromatic N) is 2. The smallest absolute Gasteiger partial charge is 0.397 e. The van der Waals surface area contributed by atoms with Gasteiger partial charge in [0.05, 0.1) is 11.4 Å². The Labute approximate surface area is 184 Å². The number of benzene rings is 2. The van der Waals surface area contributed by atoms with Gasteiger partial charge in [0.15, 0.2) is 7.05 Å². The molecule has 5 aromatic rings. The maximum Gasteiger partial charge on any atom is 0.438 e. The van der Waals surface area contributed by atoms with Gasteiger partial charge in [-0.1, -0.05) is 47.1 Å². The van der Waals surface area contributed by atoms with Gasteiger partial charge in [0.25, 0.3) is 5.78 Å². The number of carbonyl (C=O) groups is 1. The normalized spacial score (nSPS) is 11.2. The van der Waals surface area contributed by atoms with E-state index in [1.165, 1.54) is 23.9 Å². The number of thiophene rings is 1. The zero-order valence-electron chi connectivity index (χ0n) is 16.8. The molecule has 0 atom stereocenters. The Bertz CT molecular complexity index is 1550. The minimum atomic E-state index is -0.794. The number of anilines is 1.